The van der Waals surface area contributed by atoms with E-state index in [2.05, 4.69) is 4.98 Å². The zero-order chi connectivity index (χ0) is 13.2. The molecule has 0 bridgehead atoms. The molecule has 1 aromatic heterocycles. The molecular weight excluding hydrogens is 250 g/mol. The van der Waals surface area contributed by atoms with Gasteiger partial charge in [0.25, 0.3) is 5.56 Å². The quantitative estimate of drug-likeness (QED) is 0.918. The number of pyridine rings is 1. The lowest BCUT2D eigenvalue weighted by Gasteiger charge is -2.08. The molecule has 0 aliphatic rings. The Hall–Kier alpha value is -1.88. The molecule has 5 heteroatoms. The van der Waals surface area contributed by atoms with E-state index in [1.54, 1.807) is 31.2 Å². The van der Waals surface area contributed by atoms with Gasteiger partial charge in [0.05, 0.1) is 16.2 Å². The zero-order valence-electron chi connectivity index (χ0n) is 9.88. The summed E-state index contributed by atoms with van der Waals surface area (Å²) in [5.41, 5.74) is 0.419. The number of H-pyrrole nitrogens is 1. The minimum atomic E-state index is -3.42. The van der Waals surface area contributed by atoms with Gasteiger partial charge in [-0.15, -0.1) is 0 Å². The van der Waals surface area contributed by atoms with Crippen molar-refractivity contribution in [2.24, 2.45) is 0 Å². The lowest BCUT2D eigenvalue weighted by atomic mass is 10.1. The fourth-order valence-electron chi connectivity index (χ4n) is 1.75. The molecule has 18 heavy (non-hydrogen) atoms. The summed E-state index contributed by atoms with van der Waals surface area (Å²) in [5.74, 6) is -0.0315. The van der Waals surface area contributed by atoms with Gasteiger partial charge < -0.3 is 4.98 Å². The first-order valence-electron chi connectivity index (χ1n) is 5.56. The van der Waals surface area contributed by atoms with Crippen LogP contribution in [0, 0.1) is 0 Å². The van der Waals surface area contributed by atoms with Crippen LogP contribution < -0.4 is 5.56 Å². The fraction of sp³-hybridized carbons (Fsp3) is 0.154. The van der Waals surface area contributed by atoms with E-state index >= 15 is 0 Å². The van der Waals surface area contributed by atoms with Crippen LogP contribution in [0.5, 0.6) is 0 Å². The Morgan fingerprint density at radius 3 is 2.39 bits per heavy atom. The van der Waals surface area contributed by atoms with Gasteiger partial charge in [-0.25, -0.2) is 8.42 Å². The van der Waals surface area contributed by atoms with Gasteiger partial charge in [-0.3, -0.25) is 4.79 Å². The Morgan fingerprint density at radius 1 is 1.11 bits per heavy atom. The Morgan fingerprint density at radius 2 is 1.78 bits per heavy atom. The van der Waals surface area contributed by atoms with E-state index in [4.69, 9.17) is 0 Å². The summed E-state index contributed by atoms with van der Waals surface area (Å²) in [4.78, 5) is 14.5. The van der Waals surface area contributed by atoms with Crippen molar-refractivity contribution in [1.82, 2.24) is 4.98 Å². The standard InChI is InChI=1S/C13H13NO3S/c1-2-18(16,17)11-8-9-14-13(15)12(11)10-6-4-3-5-7-10/h3-9H,2H2,1H3,(H,14,15). The van der Waals surface area contributed by atoms with Crippen molar-refractivity contribution in [3.8, 4) is 11.1 Å². The highest BCUT2D eigenvalue weighted by atomic mass is 32.2. The van der Waals surface area contributed by atoms with Crippen molar-refractivity contribution in [3.05, 3.63) is 52.9 Å². The Kier molecular flexibility index (Phi) is 3.34. The number of rotatable bonds is 3. The SMILES string of the molecule is CCS(=O)(=O)c1cc[nH]c(=O)c1-c1ccccc1. The minimum Gasteiger partial charge on any atom is -0.329 e. The summed E-state index contributed by atoms with van der Waals surface area (Å²) in [6.45, 7) is 1.56. The summed E-state index contributed by atoms with van der Waals surface area (Å²) in [7, 11) is -3.42. The molecule has 0 saturated carbocycles. The first-order valence-corrected chi connectivity index (χ1v) is 7.21. The average molecular weight is 263 g/mol. The lowest BCUT2D eigenvalue weighted by molar-refractivity contribution is 0.597. The van der Waals surface area contributed by atoms with E-state index in [1.165, 1.54) is 12.3 Å². The number of hydrogen-bond acceptors (Lipinski definition) is 3. The third-order valence-corrected chi connectivity index (χ3v) is 4.47. The summed E-state index contributed by atoms with van der Waals surface area (Å²) >= 11 is 0. The molecule has 0 fully saturated rings. The first-order chi connectivity index (χ1) is 8.56. The average Bonchev–Trinajstić information content (AvgIpc) is 2.39. The first kappa shape index (κ1) is 12.6. The molecule has 0 amide bonds. The molecule has 0 radical (unpaired) electrons. The second-order valence-electron chi connectivity index (χ2n) is 3.82. The maximum absolute atomic E-state index is 12.0. The van der Waals surface area contributed by atoms with E-state index in [9.17, 15) is 13.2 Å². The summed E-state index contributed by atoms with van der Waals surface area (Å²) in [6, 6.07) is 10.2. The molecule has 2 rings (SSSR count). The summed E-state index contributed by atoms with van der Waals surface area (Å²) in [5, 5.41) is 0. The molecule has 4 nitrogen and oxygen atoms in total. The Bertz CT molecular complexity index is 703. The predicted molar refractivity (Wildman–Crippen MR) is 70.2 cm³/mol. The van der Waals surface area contributed by atoms with Crippen molar-refractivity contribution in [3.63, 3.8) is 0 Å². The second kappa shape index (κ2) is 4.78. The molecule has 1 heterocycles. The van der Waals surface area contributed by atoms with Gasteiger partial charge in [-0.05, 0) is 11.6 Å². The van der Waals surface area contributed by atoms with Crippen molar-refractivity contribution in [1.29, 1.82) is 0 Å². The van der Waals surface area contributed by atoms with Crippen molar-refractivity contribution >= 4 is 9.84 Å². The molecule has 0 spiro atoms. The maximum atomic E-state index is 12.0. The van der Waals surface area contributed by atoms with Crippen molar-refractivity contribution in [2.45, 2.75) is 11.8 Å². The van der Waals surface area contributed by atoms with Crippen LogP contribution in [0.2, 0.25) is 0 Å². The van der Waals surface area contributed by atoms with Crippen molar-refractivity contribution in [2.75, 3.05) is 5.75 Å². The number of aromatic nitrogens is 1. The fourth-order valence-corrected chi connectivity index (χ4v) is 2.86. The Labute approximate surface area is 105 Å². The molecule has 1 N–H and O–H groups in total. The summed E-state index contributed by atoms with van der Waals surface area (Å²) < 4.78 is 24.0. The van der Waals surface area contributed by atoms with E-state index in [1.807, 2.05) is 6.07 Å². The molecule has 0 atom stereocenters. The van der Waals surface area contributed by atoms with E-state index < -0.39 is 15.4 Å². The van der Waals surface area contributed by atoms with Gasteiger partial charge in [0.2, 0.25) is 0 Å². The highest BCUT2D eigenvalue weighted by molar-refractivity contribution is 7.91. The number of benzene rings is 1. The molecule has 0 aliphatic heterocycles. The third kappa shape index (κ3) is 2.22. The highest BCUT2D eigenvalue weighted by Crippen LogP contribution is 2.23. The van der Waals surface area contributed by atoms with Crippen LogP contribution in [0.4, 0.5) is 0 Å². The highest BCUT2D eigenvalue weighted by Gasteiger charge is 2.19. The normalized spacial score (nSPS) is 11.4. The topological polar surface area (TPSA) is 67.0 Å². The van der Waals surface area contributed by atoms with Crippen LogP contribution in [0.1, 0.15) is 6.92 Å². The van der Waals surface area contributed by atoms with Gasteiger partial charge >= 0.3 is 0 Å². The molecule has 0 unspecified atom stereocenters. The van der Waals surface area contributed by atoms with Crippen LogP contribution in [-0.2, 0) is 9.84 Å². The summed E-state index contributed by atoms with van der Waals surface area (Å²) in [6.07, 6.45) is 1.36. The monoisotopic (exact) mass is 263 g/mol. The van der Waals surface area contributed by atoms with Gasteiger partial charge in [0, 0.05) is 6.20 Å². The molecule has 0 saturated heterocycles. The van der Waals surface area contributed by atoms with Gasteiger partial charge in [0.1, 0.15) is 0 Å². The molecule has 0 aliphatic carbocycles. The van der Waals surface area contributed by atoms with Crippen LogP contribution in [0.25, 0.3) is 11.1 Å². The number of hydrogen-bond donors (Lipinski definition) is 1. The van der Waals surface area contributed by atoms with Crippen LogP contribution in [0.3, 0.4) is 0 Å². The third-order valence-electron chi connectivity index (χ3n) is 2.70. The predicted octanol–water partition coefficient (Wildman–Crippen LogP) is 1.84. The van der Waals surface area contributed by atoms with Crippen molar-refractivity contribution < 1.29 is 8.42 Å². The minimum absolute atomic E-state index is 0.0315. The van der Waals surface area contributed by atoms with Gasteiger partial charge in [-0.1, -0.05) is 37.3 Å². The van der Waals surface area contributed by atoms with Crippen LogP contribution in [-0.4, -0.2) is 19.2 Å². The maximum Gasteiger partial charge on any atom is 0.257 e. The molecular formula is C13H13NO3S. The molecule has 1 aromatic carbocycles. The van der Waals surface area contributed by atoms with Gasteiger partial charge in [-0.2, -0.15) is 0 Å². The van der Waals surface area contributed by atoms with Gasteiger partial charge in [0.15, 0.2) is 9.84 Å². The number of nitrogens with one attached hydrogen (secondary N) is 1. The van der Waals surface area contributed by atoms with E-state index in [-0.39, 0.29) is 16.2 Å². The number of sulfone groups is 1. The Balaban J connectivity index is 2.79. The van der Waals surface area contributed by atoms with E-state index in [0.29, 0.717) is 5.56 Å². The van der Waals surface area contributed by atoms with Crippen LogP contribution in [0.15, 0.2) is 52.3 Å². The molecule has 94 valence electrons. The zero-order valence-corrected chi connectivity index (χ0v) is 10.7. The molecule has 2 aromatic rings. The second-order valence-corrected chi connectivity index (χ2v) is 6.06. The lowest BCUT2D eigenvalue weighted by Crippen LogP contribution is -2.15. The largest absolute Gasteiger partial charge is 0.329 e. The van der Waals surface area contributed by atoms with Crippen LogP contribution >= 0.6 is 0 Å². The smallest absolute Gasteiger partial charge is 0.257 e. The number of aromatic amines is 1. The van der Waals surface area contributed by atoms with E-state index in [0.717, 1.165) is 0 Å².